The number of methoxy groups -OCH3 is 1. The van der Waals surface area contributed by atoms with Gasteiger partial charge in [0.2, 0.25) is 0 Å². The molecular weight excluding hydrogens is 272 g/mol. The largest absolute Gasteiger partial charge is 0.504 e. The minimum Gasteiger partial charge on any atom is -0.504 e. The molecule has 2 nitrogen and oxygen atoms in total. The summed E-state index contributed by atoms with van der Waals surface area (Å²) in [6.07, 6.45) is 17.8. The smallest absolute Gasteiger partial charge is 0.0816 e. The summed E-state index contributed by atoms with van der Waals surface area (Å²) in [6.45, 7) is 0. The lowest BCUT2D eigenvalue weighted by Gasteiger charge is -2.40. The summed E-state index contributed by atoms with van der Waals surface area (Å²) in [6, 6.07) is 0. The quantitative estimate of drug-likeness (QED) is 0.738. The highest BCUT2D eigenvalue weighted by molar-refractivity contribution is 5.02. The van der Waals surface area contributed by atoms with Crippen molar-refractivity contribution in [1.82, 2.24) is 0 Å². The van der Waals surface area contributed by atoms with Crippen LogP contribution in [-0.4, -0.2) is 18.3 Å². The first kappa shape index (κ1) is 16.4. The molecule has 0 aliphatic heterocycles. The molecule has 0 heterocycles. The first-order chi connectivity index (χ1) is 10.8. The van der Waals surface area contributed by atoms with Gasteiger partial charge in [0.05, 0.1) is 19.5 Å². The third kappa shape index (κ3) is 4.07. The highest BCUT2D eigenvalue weighted by Crippen LogP contribution is 2.45. The molecule has 22 heavy (non-hydrogen) atoms. The molecule has 3 fully saturated rings. The second-order valence-corrected chi connectivity index (χ2v) is 8.09. The Morgan fingerprint density at radius 2 is 1.14 bits per heavy atom. The number of ether oxygens (including phenoxy) is 1. The van der Waals surface area contributed by atoms with Crippen LogP contribution in [0.4, 0.5) is 0 Å². The van der Waals surface area contributed by atoms with Gasteiger partial charge in [0.15, 0.2) is 0 Å². The molecule has 0 aromatic heterocycles. The predicted octanol–water partition coefficient (Wildman–Crippen LogP) is 5.06. The van der Waals surface area contributed by atoms with Crippen LogP contribution in [0.15, 0.2) is 11.8 Å². The summed E-state index contributed by atoms with van der Waals surface area (Å²) in [5.74, 6) is 3.86. The number of hydrogen-bond acceptors (Lipinski definition) is 2. The van der Waals surface area contributed by atoms with Crippen LogP contribution in [0, 0.1) is 23.7 Å². The second kappa shape index (κ2) is 7.86. The van der Waals surface area contributed by atoms with Crippen molar-refractivity contribution in [2.24, 2.45) is 23.7 Å². The maximum Gasteiger partial charge on any atom is 0.0816 e. The Morgan fingerprint density at radius 3 is 1.59 bits per heavy atom. The van der Waals surface area contributed by atoms with E-state index in [2.05, 4.69) is 0 Å². The standard InChI is InChI=1S/C20H34O2/c1-22-14-15-2-4-16(5-3-15)17-6-8-18(9-7-17)19-10-12-20(21)13-11-19/h14,16-21H,2-13H2,1H3. The summed E-state index contributed by atoms with van der Waals surface area (Å²) in [7, 11) is 1.77. The molecule has 3 saturated carbocycles. The van der Waals surface area contributed by atoms with Crippen molar-refractivity contribution >= 4 is 0 Å². The average molecular weight is 306 g/mol. The maximum absolute atomic E-state index is 9.68. The van der Waals surface area contributed by atoms with Crippen LogP contribution < -0.4 is 0 Å². The summed E-state index contributed by atoms with van der Waals surface area (Å²) in [5, 5.41) is 9.68. The fourth-order valence-electron chi connectivity index (χ4n) is 5.43. The van der Waals surface area contributed by atoms with Gasteiger partial charge in [-0.25, -0.2) is 0 Å². The third-order valence-electron chi connectivity index (χ3n) is 6.85. The van der Waals surface area contributed by atoms with Crippen molar-refractivity contribution in [3.63, 3.8) is 0 Å². The lowest BCUT2D eigenvalue weighted by Crippen LogP contribution is -2.29. The molecule has 0 spiro atoms. The zero-order valence-electron chi connectivity index (χ0n) is 14.3. The summed E-state index contributed by atoms with van der Waals surface area (Å²) < 4.78 is 5.17. The molecule has 0 amide bonds. The Balaban J connectivity index is 1.41. The molecular formula is C20H34O2. The molecule has 126 valence electrons. The molecule has 0 bridgehead atoms. The Bertz CT molecular complexity index is 350. The van der Waals surface area contributed by atoms with Crippen LogP contribution in [0.2, 0.25) is 0 Å². The first-order valence-corrected chi connectivity index (χ1v) is 9.65. The Labute approximate surface area is 136 Å². The summed E-state index contributed by atoms with van der Waals surface area (Å²) in [5.41, 5.74) is 1.52. The average Bonchev–Trinajstić information content (AvgIpc) is 2.57. The van der Waals surface area contributed by atoms with Gasteiger partial charge in [-0.1, -0.05) is 0 Å². The van der Waals surface area contributed by atoms with E-state index >= 15 is 0 Å². The number of hydrogen-bond donors (Lipinski definition) is 1. The van der Waals surface area contributed by atoms with E-state index in [4.69, 9.17) is 4.74 Å². The van der Waals surface area contributed by atoms with Gasteiger partial charge in [-0.3, -0.25) is 0 Å². The van der Waals surface area contributed by atoms with Crippen molar-refractivity contribution in [2.45, 2.75) is 83.2 Å². The van der Waals surface area contributed by atoms with E-state index < -0.39 is 0 Å². The molecule has 0 aromatic carbocycles. The maximum atomic E-state index is 9.68. The normalized spacial score (nSPS) is 40.3. The lowest BCUT2D eigenvalue weighted by molar-refractivity contribution is 0.0698. The zero-order chi connectivity index (χ0) is 15.4. The fourth-order valence-corrected chi connectivity index (χ4v) is 5.43. The monoisotopic (exact) mass is 306 g/mol. The fraction of sp³-hybridized carbons (Fsp3) is 0.900. The molecule has 0 aromatic rings. The van der Waals surface area contributed by atoms with Gasteiger partial charge in [-0.15, -0.1) is 0 Å². The molecule has 3 aliphatic carbocycles. The van der Waals surface area contributed by atoms with Crippen molar-refractivity contribution in [3.05, 3.63) is 11.8 Å². The van der Waals surface area contributed by atoms with Gasteiger partial charge in [0, 0.05) is 0 Å². The van der Waals surface area contributed by atoms with E-state index in [1.165, 1.54) is 69.8 Å². The molecule has 0 radical (unpaired) electrons. The van der Waals surface area contributed by atoms with E-state index in [0.29, 0.717) is 0 Å². The molecule has 3 aliphatic rings. The van der Waals surface area contributed by atoms with E-state index in [1.807, 2.05) is 6.26 Å². The Hall–Kier alpha value is -0.500. The number of rotatable bonds is 3. The van der Waals surface area contributed by atoms with Gasteiger partial charge in [-0.2, -0.15) is 0 Å². The third-order valence-corrected chi connectivity index (χ3v) is 6.85. The number of allylic oxidation sites excluding steroid dienone is 1. The molecule has 3 rings (SSSR count). The van der Waals surface area contributed by atoms with Gasteiger partial charge in [0.1, 0.15) is 0 Å². The molecule has 2 heteroatoms. The van der Waals surface area contributed by atoms with Crippen LogP contribution in [0.25, 0.3) is 0 Å². The minimum atomic E-state index is 0.00387. The SMILES string of the molecule is COC=C1CCC(C2CCC(C3CCC(O)CC3)CC2)CC1. The highest BCUT2D eigenvalue weighted by atomic mass is 16.5. The Kier molecular flexibility index (Phi) is 5.84. The van der Waals surface area contributed by atoms with E-state index in [-0.39, 0.29) is 6.10 Å². The van der Waals surface area contributed by atoms with E-state index in [1.54, 1.807) is 7.11 Å². The number of aliphatic hydroxyl groups excluding tert-OH is 1. The van der Waals surface area contributed by atoms with Gasteiger partial charge < -0.3 is 9.84 Å². The highest BCUT2D eigenvalue weighted by Gasteiger charge is 2.33. The second-order valence-electron chi connectivity index (χ2n) is 8.09. The van der Waals surface area contributed by atoms with Gasteiger partial charge in [0.25, 0.3) is 0 Å². The van der Waals surface area contributed by atoms with E-state index in [0.717, 1.165) is 36.5 Å². The topological polar surface area (TPSA) is 29.5 Å². The van der Waals surface area contributed by atoms with Crippen LogP contribution in [0.5, 0.6) is 0 Å². The van der Waals surface area contributed by atoms with Crippen LogP contribution in [-0.2, 0) is 4.74 Å². The number of aliphatic hydroxyl groups is 1. The van der Waals surface area contributed by atoms with E-state index in [9.17, 15) is 5.11 Å². The molecule has 0 unspecified atom stereocenters. The molecule has 0 atom stereocenters. The van der Waals surface area contributed by atoms with Gasteiger partial charge >= 0.3 is 0 Å². The van der Waals surface area contributed by atoms with Crippen LogP contribution in [0.3, 0.4) is 0 Å². The first-order valence-electron chi connectivity index (χ1n) is 9.65. The van der Waals surface area contributed by atoms with Crippen LogP contribution >= 0.6 is 0 Å². The molecule has 0 saturated heterocycles. The van der Waals surface area contributed by atoms with Crippen molar-refractivity contribution in [3.8, 4) is 0 Å². The molecule has 1 N–H and O–H groups in total. The lowest BCUT2D eigenvalue weighted by atomic mass is 9.66. The minimum absolute atomic E-state index is 0.00387. The summed E-state index contributed by atoms with van der Waals surface area (Å²) in [4.78, 5) is 0. The summed E-state index contributed by atoms with van der Waals surface area (Å²) >= 11 is 0. The van der Waals surface area contributed by atoms with Crippen LogP contribution in [0.1, 0.15) is 77.0 Å². The van der Waals surface area contributed by atoms with Crippen molar-refractivity contribution in [2.75, 3.05) is 7.11 Å². The Morgan fingerprint density at radius 1 is 0.727 bits per heavy atom. The zero-order valence-corrected chi connectivity index (χ0v) is 14.3. The van der Waals surface area contributed by atoms with Crippen molar-refractivity contribution in [1.29, 1.82) is 0 Å². The van der Waals surface area contributed by atoms with Crippen molar-refractivity contribution < 1.29 is 9.84 Å². The predicted molar refractivity (Wildman–Crippen MR) is 90.5 cm³/mol. The van der Waals surface area contributed by atoms with Gasteiger partial charge in [-0.05, 0) is 106 Å².